The number of benzene rings is 1. The number of hydrogen-bond acceptors (Lipinski definition) is 3. The van der Waals surface area contributed by atoms with E-state index in [1.807, 2.05) is 24.0 Å². The van der Waals surface area contributed by atoms with Crippen LogP contribution in [0.5, 0.6) is 0 Å². The molecular formula is C21H32ClIN4O2. The Bertz CT molecular complexity index is 680. The minimum Gasteiger partial charge on any atom is -0.386 e. The van der Waals surface area contributed by atoms with Gasteiger partial charge in [-0.05, 0) is 43.9 Å². The van der Waals surface area contributed by atoms with Gasteiger partial charge in [0.1, 0.15) is 0 Å². The molecule has 162 valence electrons. The maximum atomic E-state index is 12.6. The summed E-state index contributed by atoms with van der Waals surface area (Å²) in [6.07, 6.45) is 4.68. The van der Waals surface area contributed by atoms with Gasteiger partial charge >= 0.3 is 0 Å². The van der Waals surface area contributed by atoms with Crippen LogP contribution in [-0.2, 0) is 4.79 Å². The van der Waals surface area contributed by atoms with Crippen LogP contribution in [0.4, 0.5) is 0 Å². The molecule has 0 aromatic heterocycles. The van der Waals surface area contributed by atoms with Crippen LogP contribution in [0.15, 0.2) is 29.3 Å². The maximum absolute atomic E-state index is 12.6. The molecule has 8 heteroatoms. The summed E-state index contributed by atoms with van der Waals surface area (Å²) in [5.41, 5.74) is 0.790. The monoisotopic (exact) mass is 534 g/mol. The predicted octanol–water partition coefficient (Wildman–Crippen LogP) is 3.34. The fourth-order valence-electron chi connectivity index (χ4n) is 3.99. The molecule has 1 saturated heterocycles. The number of rotatable bonds is 6. The van der Waals surface area contributed by atoms with Gasteiger partial charge < -0.3 is 20.6 Å². The highest BCUT2D eigenvalue weighted by molar-refractivity contribution is 14.0. The maximum Gasteiger partial charge on any atom is 0.225 e. The quantitative estimate of drug-likeness (QED) is 0.297. The van der Waals surface area contributed by atoms with E-state index < -0.39 is 6.10 Å². The molecule has 0 radical (unpaired) electrons. The normalized spacial score (nSPS) is 21.0. The van der Waals surface area contributed by atoms with Crippen molar-refractivity contribution in [1.29, 1.82) is 0 Å². The Balaban J connectivity index is 0.00000300. The molecule has 1 aliphatic heterocycles. The van der Waals surface area contributed by atoms with E-state index in [-0.39, 0.29) is 42.5 Å². The van der Waals surface area contributed by atoms with Crippen LogP contribution in [0, 0.1) is 5.92 Å². The smallest absolute Gasteiger partial charge is 0.225 e. The molecule has 1 aromatic carbocycles. The number of aliphatic hydroxyl groups is 1. The van der Waals surface area contributed by atoms with Crippen LogP contribution in [-0.4, -0.2) is 54.1 Å². The van der Waals surface area contributed by atoms with E-state index in [9.17, 15) is 9.90 Å². The molecule has 1 saturated carbocycles. The third-order valence-electron chi connectivity index (χ3n) is 5.57. The van der Waals surface area contributed by atoms with Gasteiger partial charge in [0.05, 0.1) is 12.6 Å². The molecule has 1 aromatic rings. The second kappa shape index (κ2) is 12.0. The number of aliphatic hydroxyl groups excluding tert-OH is 1. The summed E-state index contributed by atoms with van der Waals surface area (Å²) in [6.45, 7) is 4.53. The van der Waals surface area contributed by atoms with E-state index in [1.165, 1.54) is 12.8 Å². The Labute approximate surface area is 195 Å². The van der Waals surface area contributed by atoms with Gasteiger partial charge in [-0.2, -0.15) is 0 Å². The van der Waals surface area contributed by atoms with Gasteiger partial charge in [-0.25, -0.2) is 0 Å². The molecule has 3 N–H and O–H groups in total. The van der Waals surface area contributed by atoms with E-state index in [4.69, 9.17) is 11.6 Å². The van der Waals surface area contributed by atoms with Crippen molar-refractivity contribution in [3.05, 3.63) is 34.9 Å². The van der Waals surface area contributed by atoms with Gasteiger partial charge in [0.25, 0.3) is 0 Å². The van der Waals surface area contributed by atoms with Gasteiger partial charge in [0.15, 0.2) is 5.96 Å². The van der Waals surface area contributed by atoms with Crippen molar-refractivity contribution in [2.75, 3.05) is 26.2 Å². The topological polar surface area (TPSA) is 77.0 Å². The molecule has 2 atom stereocenters. The number of amides is 1. The average Bonchev–Trinajstić information content (AvgIpc) is 3.38. The first-order valence-corrected chi connectivity index (χ1v) is 10.7. The fourth-order valence-corrected chi connectivity index (χ4v) is 4.12. The first-order valence-electron chi connectivity index (χ1n) is 10.3. The van der Waals surface area contributed by atoms with Gasteiger partial charge in [-0.1, -0.05) is 36.6 Å². The number of carbonyl (C=O) groups is 1. The molecule has 29 heavy (non-hydrogen) atoms. The highest BCUT2D eigenvalue weighted by Gasteiger charge is 2.32. The van der Waals surface area contributed by atoms with Crippen molar-refractivity contribution < 1.29 is 9.90 Å². The van der Waals surface area contributed by atoms with Gasteiger partial charge in [-0.3, -0.25) is 9.79 Å². The van der Waals surface area contributed by atoms with Crippen LogP contribution in [0.3, 0.4) is 0 Å². The number of carbonyl (C=O) groups excluding carboxylic acids is 1. The zero-order chi connectivity index (χ0) is 19.9. The van der Waals surface area contributed by atoms with Crippen molar-refractivity contribution in [3.63, 3.8) is 0 Å². The zero-order valence-electron chi connectivity index (χ0n) is 16.9. The summed E-state index contributed by atoms with van der Waals surface area (Å²) >= 11 is 5.90. The molecule has 3 rings (SSSR count). The van der Waals surface area contributed by atoms with Crippen LogP contribution >= 0.6 is 35.6 Å². The molecule has 2 fully saturated rings. The number of guanidine groups is 1. The van der Waals surface area contributed by atoms with E-state index in [2.05, 4.69) is 15.6 Å². The van der Waals surface area contributed by atoms with Crippen molar-refractivity contribution in [3.8, 4) is 0 Å². The summed E-state index contributed by atoms with van der Waals surface area (Å²) in [4.78, 5) is 19.1. The van der Waals surface area contributed by atoms with Crippen LogP contribution < -0.4 is 10.6 Å². The van der Waals surface area contributed by atoms with Gasteiger partial charge in [0.2, 0.25) is 5.91 Å². The minimum absolute atomic E-state index is 0. The summed E-state index contributed by atoms with van der Waals surface area (Å²) in [6, 6.07) is 7.35. The van der Waals surface area contributed by atoms with Crippen molar-refractivity contribution in [1.82, 2.24) is 15.5 Å². The minimum atomic E-state index is -0.684. The fraction of sp³-hybridized carbons (Fsp3) is 0.619. The van der Waals surface area contributed by atoms with Gasteiger partial charge in [0, 0.05) is 36.6 Å². The largest absolute Gasteiger partial charge is 0.386 e. The van der Waals surface area contributed by atoms with Gasteiger partial charge in [-0.15, -0.1) is 24.0 Å². The van der Waals surface area contributed by atoms with Crippen molar-refractivity contribution >= 4 is 47.4 Å². The average molecular weight is 535 g/mol. The standard InChI is InChI=1S/C21H31ClN4O2.HI/c1-2-23-21(24-13-19(27)15-7-9-17(22)10-8-15)25-18-11-12-26(14-18)20(28)16-5-3-4-6-16;/h7-10,16,18-19,27H,2-6,11-14H2,1H3,(H2,23,24,25);1H. The summed E-state index contributed by atoms with van der Waals surface area (Å²) in [5.74, 6) is 1.23. The number of likely N-dealkylation sites (tertiary alicyclic amines) is 1. The lowest BCUT2D eigenvalue weighted by Gasteiger charge is -2.21. The molecule has 1 heterocycles. The number of nitrogens with zero attached hydrogens (tertiary/aromatic N) is 2. The predicted molar refractivity (Wildman–Crippen MR) is 128 cm³/mol. The SMILES string of the molecule is CCNC(=NCC(O)c1ccc(Cl)cc1)NC1CCN(C(=O)C2CCCC2)C1.I. The van der Waals surface area contributed by atoms with Crippen LogP contribution in [0.1, 0.15) is 50.7 Å². The molecule has 6 nitrogen and oxygen atoms in total. The number of hydrogen-bond donors (Lipinski definition) is 3. The zero-order valence-corrected chi connectivity index (χ0v) is 20.0. The second-order valence-corrected chi connectivity index (χ2v) is 8.12. The molecule has 2 aliphatic rings. The molecular weight excluding hydrogens is 503 g/mol. The number of halogens is 2. The highest BCUT2D eigenvalue weighted by atomic mass is 127. The summed E-state index contributed by atoms with van der Waals surface area (Å²) in [5, 5.41) is 17.7. The lowest BCUT2D eigenvalue weighted by Crippen LogP contribution is -2.45. The lowest BCUT2D eigenvalue weighted by molar-refractivity contribution is -0.134. The molecule has 0 spiro atoms. The summed E-state index contributed by atoms with van der Waals surface area (Å²) in [7, 11) is 0. The highest BCUT2D eigenvalue weighted by Crippen LogP contribution is 2.27. The van der Waals surface area contributed by atoms with Crippen LogP contribution in [0.2, 0.25) is 5.02 Å². The third-order valence-corrected chi connectivity index (χ3v) is 5.82. The molecule has 2 unspecified atom stereocenters. The van der Waals surface area contributed by atoms with Crippen molar-refractivity contribution in [2.24, 2.45) is 10.9 Å². The number of nitrogens with one attached hydrogen (secondary N) is 2. The Kier molecular flexibility index (Phi) is 9.98. The Morgan fingerprint density at radius 1 is 1.28 bits per heavy atom. The number of aliphatic imine (C=N–C) groups is 1. The Morgan fingerprint density at radius 3 is 2.62 bits per heavy atom. The van der Waals surface area contributed by atoms with Crippen LogP contribution in [0.25, 0.3) is 0 Å². The lowest BCUT2D eigenvalue weighted by atomic mass is 10.1. The van der Waals surface area contributed by atoms with E-state index in [1.54, 1.807) is 12.1 Å². The molecule has 1 aliphatic carbocycles. The third kappa shape index (κ3) is 7.00. The second-order valence-electron chi connectivity index (χ2n) is 7.68. The molecule has 0 bridgehead atoms. The van der Waals surface area contributed by atoms with Crippen molar-refractivity contribution in [2.45, 2.75) is 51.2 Å². The Hall–Kier alpha value is -1.06. The van der Waals surface area contributed by atoms with E-state index in [0.717, 1.165) is 44.5 Å². The first kappa shape index (κ1) is 24.2. The van der Waals surface area contributed by atoms with E-state index >= 15 is 0 Å². The van der Waals surface area contributed by atoms with E-state index in [0.29, 0.717) is 16.9 Å². The molecule has 1 amide bonds. The summed E-state index contributed by atoms with van der Waals surface area (Å²) < 4.78 is 0. The Morgan fingerprint density at radius 2 is 1.97 bits per heavy atom. The first-order chi connectivity index (χ1) is 13.6.